The molecule has 3 aromatic rings. The molecule has 1 spiro atoms. The summed E-state index contributed by atoms with van der Waals surface area (Å²) in [7, 11) is 0. The van der Waals surface area contributed by atoms with Crippen LogP contribution in [-0.4, -0.2) is 46.5 Å². The number of hydrogen-bond donors (Lipinski definition) is 1. The van der Waals surface area contributed by atoms with Crippen molar-refractivity contribution in [2.45, 2.75) is 19.3 Å². The Kier molecular flexibility index (Phi) is 4.02. The molecule has 0 aliphatic carbocycles. The number of nitrogens with one attached hydrogen (secondary N) is 1. The van der Waals surface area contributed by atoms with E-state index in [1.54, 1.807) is 18.3 Å². The topological polar surface area (TPSA) is 66.9 Å². The van der Waals surface area contributed by atoms with Gasteiger partial charge in [-0.2, -0.15) is 5.10 Å². The molecule has 140 valence electrons. The van der Waals surface area contributed by atoms with Crippen molar-refractivity contribution in [2.75, 3.05) is 31.2 Å². The molecule has 0 atom stereocenters. The number of ether oxygens (including phenoxy) is 1. The summed E-state index contributed by atoms with van der Waals surface area (Å²) in [5, 5.41) is 7.40. The number of nitrogens with zero attached hydrogens (tertiary/aromatic N) is 4. The lowest BCUT2D eigenvalue weighted by Crippen LogP contribution is -2.40. The van der Waals surface area contributed by atoms with Crippen molar-refractivity contribution in [3.05, 3.63) is 35.2 Å². The molecule has 4 heterocycles. The fraction of sp³-hybridized carbons (Fsp3) is 0.421. The Hall–Kier alpha value is -2.25. The molecule has 27 heavy (non-hydrogen) atoms. The molecule has 1 aromatic carbocycles. The molecule has 5 rings (SSSR count). The first-order valence-electron chi connectivity index (χ1n) is 9.13. The van der Waals surface area contributed by atoms with Crippen LogP contribution in [0.1, 0.15) is 19.3 Å². The Bertz CT molecular complexity index is 971. The highest BCUT2D eigenvalue weighted by Gasteiger charge is 2.38. The summed E-state index contributed by atoms with van der Waals surface area (Å²) in [6.07, 6.45) is 5.09. The average molecular weight is 388 g/mol. The predicted molar refractivity (Wildman–Crippen MR) is 101 cm³/mol. The van der Waals surface area contributed by atoms with Gasteiger partial charge in [-0.05, 0) is 36.8 Å². The second-order valence-electron chi connectivity index (χ2n) is 7.38. The third-order valence-electron chi connectivity index (χ3n) is 5.79. The number of aromatic amines is 1. The first-order chi connectivity index (χ1) is 13.2. The van der Waals surface area contributed by atoms with Crippen LogP contribution in [-0.2, 0) is 4.74 Å². The van der Waals surface area contributed by atoms with Crippen LogP contribution in [0.25, 0.3) is 22.4 Å². The van der Waals surface area contributed by atoms with Crippen LogP contribution in [0, 0.1) is 11.2 Å². The van der Waals surface area contributed by atoms with E-state index in [4.69, 9.17) is 16.3 Å². The number of hydrogen-bond acceptors (Lipinski definition) is 5. The van der Waals surface area contributed by atoms with Crippen molar-refractivity contribution in [1.29, 1.82) is 0 Å². The molecule has 0 unspecified atom stereocenters. The van der Waals surface area contributed by atoms with Gasteiger partial charge in [-0.1, -0.05) is 17.7 Å². The van der Waals surface area contributed by atoms with Gasteiger partial charge >= 0.3 is 0 Å². The zero-order chi connectivity index (χ0) is 18.4. The SMILES string of the molecule is Fc1cccc(Cl)c1-c1n[nH]c2nc(N3CCC4(CCOC4)CC3)cnc12. The molecule has 2 aliphatic rings. The summed E-state index contributed by atoms with van der Waals surface area (Å²) >= 11 is 6.17. The fourth-order valence-electron chi connectivity index (χ4n) is 4.10. The molecular weight excluding hydrogens is 369 g/mol. The van der Waals surface area contributed by atoms with Gasteiger partial charge in [0, 0.05) is 19.7 Å². The fourth-order valence-corrected chi connectivity index (χ4v) is 4.35. The van der Waals surface area contributed by atoms with Crippen LogP contribution in [0.15, 0.2) is 24.4 Å². The van der Waals surface area contributed by atoms with Gasteiger partial charge in [0.2, 0.25) is 0 Å². The van der Waals surface area contributed by atoms with Gasteiger partial charge in [0.25, 0.3) is 0 Å². The van der Waals surface area contributed by atoms with E-state index in [0.717, 1.165) is 51.4 Å². The molecule has 0 bridgehead atoms. The number of piperidine rings is 1. The smallest absolute Gasteiger partial charge is 0.177 e. The quantitative estimate of drug-likeness (QED) is 0.724. The highest BCUT2D eigenvalue weighted by molar-refractivity contribution is 6.33. The molecule has 2 aromatic heterocycles. The number of halogens is 2. The summed E-state index contributed by atoms with van der Waals surface area (Å²) in [5.74, 6) is 0.382. The summed E-state index contributed by atoms with van der Waals surface area (Å²) in [5.41, 5.74) is 2.02. The third-order valence-corrected chi connectivity index (χ3v) is 6.11. The minimum absolute atomic E-state index is 0.244. The first-order valence-corrected chi connectivity index (χ1v) is 9.51. The van der Waals surface area contributed by atoms with Gasteiger partial charge < -0.3 is 9.64 Å². The lowest BCUT2D eigenvalue weighted by Gasteiger charge is -2.38. The van der Waals surface area contributed by atoms with Gasteiger partial charge in [0.05, 0.1) is 23.4 Å². The van der Waals surface area contributed by atoms with E-state index in [-0.39, 0.29) is 5.56 Å². The summed E-state index contributed by atoms with van der Waals surface area (Å²) in [6, 6.07) is 4.57. The van der Waals surface area contributed by atoms with Crippen LogP contribution in [0.4, 0.5) is 10.2 Å². The third kappa shape index (κ3) is 2.85. The number of aromatic nitrogens is 4. The Labute approximate surface area is 160 Å². The minimum Gasteiger partial charge on any atom is -0.381 e. The Morgan fingerprint density at radius 2 is 2.07 bits per heavy atom. The molecule has 8 heteroatoms. The van der Waals surface area contributed by atoms with Crippen molar-refractivity contribution in [1.82, 2.24) is 20.2 Å². The lowest BCUT2D eigenvalue weighted by molar-refractivity contribution is 0.133. The van der Waals surface area contributed by atoms with Crippen molar-refractivity contribution < 1.29 is 9.13 Å². The molecule has 0 amide bonds. The van der Waals surface area contributed by atoms with Crippen LogP contribution < -0.4 is 4.90 Å². The van der Waals surface area contributed by atoms with Crippen LogP contribution in [0.2, 0.25) is 5.02 Å². The number of rotatable bonds is 2. The average Bonchev–Trinajstić information content (AvgIpc) is 3.30. The predicted octanol–water partition coefficient (Wildman–Crippen LogP) is 3.82. The monoisotopic (exact) mass is 387 g/mol. The Morgan fingerprint density at radius 3 is 2.81 bits per heavy atom. The molecule has 2 aliphatic heterocycles. The first kappa shape index (κ1) is 16.9. The van der Waals surface area contributed by atoms with Gasteiger partial charge in [-0.25, -0.2) is 14.4 Å². The van der Waals surface area contributed by atoms with E-state index in [0.29, 0.717) is 27.3 Å². The van der Waals surface area contributed by atoms with E-state index in [9.17, 15) is 4.39 Å². The standard InChI is InChI=1S/C19H19ClFN5O/c20-12-2-1-3-13(21)15(12)16-17-18(25-24-16)23-14(10-22-17)26-7-4-19(5-8-26)6-9-27-11-19/h1-3,10H,4-9,11H2,(H,23,24,25). The van der Waals surface area contributed by atoms with Crippen molar-refractivity contribution in [3.8, 4) is 11.3 Å². The Morgan fingerprint density at radius 1 is 1.22 bits per heavy atom. The lowest BCUT2D eigenvalue weighted by atomic mass is 9.78. The highest BCUT2D eigenvalue weighted by Crippen LogP contribution is 2.40. The molecule has 0 saturated carbocycles. The van der Waals surface area contributed by atoms with Crippen molar-refractivity contribution in [3.63, 3.8) is 0 Å². The number of benzene rings is 1. The van der Waals surface area contributed by atoms with Crippen LogP contribution >= 0.6 is 11.6 Å². The van der Waals surface area contributed by atoms with Gasteiger partial charge in [0.1, 0.15) is 22.8 Å². The zero-order valence-electron chi connectivity index (χ0n) is 14.7. The maximum atomic E-state index is 14.3. The number of fused-ring (bicyclic) bond motifs is 1. The molecule has 2 fully saturated rings. The molecule has 6 nitrogen and oxygen atoms in total. The summed E-state index contributed by atoms with van der Waals surface area (Å²) < 4.78 is 19.9. The van der Waals surface area contributed by atoms with Gasteiger partial charge in [0.15, 0.2) is 5.65 Å². The molecule has 0 radical (unpaired) electrons. The Balaban J connectivity index is 1.44. The van der Waals surface area contributed by atoms with Crippen LogP contribution in [0.3, 0.4) is 0 Å². The zero-order valence-corrected chi connectivity index (χ0v) is 15.5. The van der Waals surface area contributed by atoms with E-state index in [1.165, 1.54) is 6.07 Å². The van der Waals surface area contributed by atoms with Crippen molar-refractivity contribution >= 4 is 28.6 Å². The van der Waals surface area contributed by atoms with E-state index in [2.05, 4.69) is 25.1 Å². The highest BCUT2D eigenvalue weighted by atomic mass is 35.5. The van der Waals surface area contributed by atoms with Crippen LogP contribution in [0.5, 0.6) is 0 Å². The molecular formula is C19H19ClFN5O. The minimum atomic E-state index is -0.429. The second-order valence-corrected chi connectivity index (χ2v) is 7.79. The number of H-pyrrole nitrogens is 1. The van der Waals surface area contributed by atoms with Gasteiger partial charge in [-0.3, -0.25) is 5.10 Å². The molecule has 2 saturated heterocycles. The summed E-state index contributed by atoms with van der Waals surface area (Å²) in [6.45, 7) is 3.62. The maximum Gasteiger partial charge on any atom is 0.177 e. The largest absolute Gasteiger partial charge is 0.381 e. The maximum absolute atomic E-state index is 14.3. The molecule has 1 N–H and O–H groups in total. The van der Waals surface area contributed by atoms with E-state index < -0.39 is 5.82 Å². The normalized spacial score (nSPS) is 19.3. The second kappa shape index (κ2) is 6.42. The van der Waals surface area contributed by atoms with Gasteiger partial charge in [-0.15, -0.1) is 0 Å². The van der Waals surface area contributed by atoms with Crippen molar-refractivity contribution in [2.24, 2.45) is 5.41 Å². The summed E-state index contributed by atoms with van der Waals surface area (Å²) in [4.78, 5) is 11.4. The number of anilines is 1. The van der Waals surface area contributed by atoms with E-state index in [1.807, 2.05) is 0 Å². The van der Waals surface area contributed by atoms with E-state index >= 15 is 0 Å².